The molecule has 0 bridgehead atoms. The highest BCUT2D eigenvalue weighted by Crippen LogP contribution is 2.37. The molecule has 160 valence electrons. The first kappa shape index (κ1) is 24.5. The lowest BCUT2D eigenvalue weighted by Crippen LogP contribution is -2.37. The number of amides is 2. The maximum atomic E-state index is 14.8. The van der Waals surface area contributed by atoms with Crippen LogP contribution in [-0.2, 0) is 9.59 Å². The molecule has 1 saturated carbocycles. The topological polar surface area (TPSA) is 82.0 Å². The maximum absolute atomic E-state index is 14.8. The summed E-state index contributed by atoms with van der Waals surface area (Å²) in [5.74, 6) is -1.35. The van der Waals surface area contributed by atoms with E-state index in [0.717, 1.165) is 24.6 Å². The molecule has 0 saturated heterocycles. The predicted molar refractivity (Wildman–Crippen MR) is 114 cm³/mol. The first-order chi connectivity index (χ1) is 13.8. The number of amidine groups is 1. The van der Waals surface area contributed by atoms with Gasteiger partial charge in [0, 0.05) is 31.5 Å². The second-order valence-corrected chi connectivity index (χ2v) is 7.18. The van der Waals surface area contributed by atoms with E-state index in [4.69, 9.17) is 0 Å². The summed E-state index contributed by atoms with van der Waals surface area (Å²) in [7, 11) is 1.36. The van der Waals surface area contributed by atoms with Gasteiger partial charge in [-0.25, -0.2) is 4.39 Å². The van der Waals surface area contributed by atoms with Crippen molar-refractivity contribution >= 4 is 18.2 Å². The second kappa shape index (κ2) is 12.1. The van der Waals surface area contributed by atoms with Crippen LogP contribution in [0.1, 0.15) is 40.0 Å². The number of nitrogens with zero attached hydrogens (tertiary/aromatic N) is 2. The van der Waals surface area contributed by atoms with Crippen molar-refractivity contribution in [2.45, 2.75) is 46.1 Å². The number of nitrogens with one attached hydrogen (secondary N) is 1. The standard InChI is InChI=1S/C22H32FN3O3/c1-6-15(3)8-9-16(4)22(29)25-21(24-5)19(23)12-26(14-28)20-11-10-17(13-27)18(20)7-2/h6,8-9,12,14,17-18,20,27H,1,7,10-11,13H2,2-5H3,(H,24,25,29)/b15-8-,16-9+,19-12+. The highest BCUT2D eigenvalue weighted by molar-refractivity contribution is 6.11. The van der Waals surface area contributed by atoms with Crippen molar-refractivity contribution in [2.24, 2.45) is 16.8 Å². The minimum atomic E-state index is -0.805. The maximum Gasteiger partial charge on any atom is 0.252 e. The number of aliphatic hydroxyl groups is 1. The molecule has 3 unspecified atom stereocenters. The monoisotopic (exact) mass is 405 g/mol. The van der Waals surface area contributed by atoms with E-state index < -0.39 is 11.7 Å². The van der Waals surface area contributed by atoms with Gasteiger partial charge in [-0.1, -0.05) is 43.7 Å². The molecule has 0 aliphatic heterocycles. The van der Waals surface area contributed by atoms with Crippen LogP contribution >= 0.6 is 0 Å². The normalized spacial score (nSPS) is 23.7. The summed E-state index contributed by atoms with van der Waals surface area (Å²) in [4.78, 5) is 29.0. The molecule has 1 aliphatic carbocycles. The van der Waals surface area contributed by atoms with Gasteiger partial charge in [0.1, 0.15) is 0 Å². The Labute approximate surface area is 172 Å². The molecule has 1 aliphatic rings. The quantitative estimate of drug-likeness (QED) is 0.203. The summed E-state index contributed by atoms with van der Waals surface area (Å²) in [5.41, 5.74) is 1.26. The number of hydrogen-bond donors (Lipinski definition) is 2. The Morgan fingerprint density at radius 1 is 1.34 bits per heavy atom. The molecule has 0 aromatic heterocycles. The Bertz CT molecular complexity index is 725. The Hall–Kier alpha value is -2.54. The van der Waals surface area contributed by atoms with Gasteiger partial charge in [-0.15, -0.1) is 0 Å². The van der Waals surface area contributed by atoms with Gasteiger partial charge in [0.05, 0.1) is 0 Å². The fraction of sp³-hybridized carbons (Fsp3) is 0.500. The molecule has 0 heterocycles. The smallest absolute Gasteiger partial charge is 0.252 e. The number of aliphatic imine (C=N–C) groups is 1. The molecule has 6 nitrogen and oxygen atoms in total. The van der Waals surface area contributed by atoms with Crippen LogP contribution < -0.4 is 5.32 Å². The van der Waals surface area contributed by atoms with E-state index in [1.807, 2.05) is 13.8 Å². The number of rotatable bonds is 9. The largest absolute Gasteiger partial charge is 0.396 e. The lowest BCUT2D eigenvalue weighted by Gasteiger charge is -2.28. The van der Waals surface area contributed by atoms with Crippen LogP contribution in [0, 0.1) is 11.8 Å². The molecule has 3 atom stereocenters. The number of halogens is 1. The van der Waals surface area contributed by atoms with Crippen molar-refractivity contribution in [3.05, 3.63) is 48.0 Å². The Morgan fingerprint density at radius 3 is 2.55 bits per heavy atom. The van der Waals surface area contributed by atoms with E-state index >= 15 is 0 Å². The average molecular weight is 406 g/mol. The molecule has 0 aromatic rings. The zero-order valence-electron chi connectivity index (χ0n) is 17.7. The Morgan fingerprint density at radius 2 is 2.03 bits per heavy atom. The number of carbonyl (C=O) groups excluding carboxylic acids is 2. The molecular formula is C22H32FN3O3. The second-order valence-electron chi connectivity index (χ2n) is 7.18. The van der Waals surface area contributed by atoms with Crippen LogP contribution in [0.15, 0.2) is 53.0 Å². The number of hydrogen-bond acceptors (Lipinski definition) is 4. The van der Waals surface area contributed by atoms with Gasteiger partial charge >= 0.3 is 0 Å². The molecule has 1 rings (SSSR count). The van der Waals surface area contributed by atoms with Crippen LogP contribution in [0.2, 0.25) is 0 Å². The average Bonchev–Trinajstić information content (AvgIpc) is 3.15. The van der Waals surface area contributed by atoms with Crippen LogP contribution in [0.5, 0.6) is 0 Å². The van der Waals surface area contributed by atoms with E-state index in [1.165, 1.54) is 11.9 Å². The van der Waals surface area contributed by atoms with E-state index in [9.17, 15) is 19.1 Å². The summed E-state index contributed by atoms with van der Waals surface area (Å²) in [6.07, 6.45) is 8.90. The third-order valence-electron chi connectivity index (χ3n) is 5.36. The number of carbonyl (C=O) groups is 2. The minimum absolute atomic E-state index is 0.0526. The molecule has 29 heavy (non-hydrogen) atoms. The third-order valence-corrected chi connectivity index (χ3v) is 5.36. The van der Waals surface area contributed by atoms with Crippen molar-refractivity contribution < 1.29 is 19.1 Å². The van der Waals surface area contributed by atoms with Crippen molar-refractivity contribution in [1.29, 1.82) is 0 Å². The van der Waals surface area contributed by atoms with Gasteiger partial charge in [0.25, 0.3) is 5.91 Å². The zero-order valence-corrected chi connectivity index (χ0v) is 17.7. The summed E-state index contributed by atoms with van der Waals surface area (Å²) in [6, 6.07) is -0.192. The molecule has 0 aromatic carbocycles. The van der Waals surface area contributed by atoms with Crippen molar-refractivity contribution in [1.82, 2.24) is 10.2 Å². The fourth-order valence-electron chi connectivity index (χ4n) is 3.55. The third kappa shape index (κ3) is 6.78. The first-order valence-electron chi connectivity index (χ1n) is 9.79. The van der Waals surface area contributed by atoms with E-state index in [1.54, 1.807) is 25.2 Å². The molecule has 2 N–H and O–H groups in total. The first-order valence-corrected chi connectivity index (χ1v) is 9.79. The van der Waals surface area contributed by atoms with E-state index in [0.29, 0.717) is 18.4 Å². The van der Waals surface area contributed by atoms with Crippen LogP contribution in [0.3, 0.4) is 0 Å². The molecule has 7 heteroatoms. The predicted octanol–water partition coefficient (Wildman–Crippen LogP) is 3.28. The number of aliphatic hydroxyl groups excluding tert-OH is 1. The Kier molecular flexibility index (Phi) is 10.2. The van der Waals surface area contributed by atoms with E-state index in [-0.39, 0.29) is 30.3 Å². The van der Waals surface area contributed by atoms with Gasteiger partial charge in [0.15, 0.2) is 11.7 Å². The lowest BCUT2D eigenvalue weighted by atomic mass is 9.91. The van der Waals surface area contributed by atoms with Gasteiger partial charge in [-0.2, -0.15) is 0 Å². The zero-order chi connectivity index (χ0) is 22.0. The van der Waals surface area contributed by atoms with Crippen LogP contribution in [0.25, 0.3) is 0 Å². The minimum Gasteiger partial charge on any atom is -0.396 e. The van der Waals surface area contributed by atoms with Crippen molar-refractivity contribution in [2.75, 3.05) is 13.7 Å². The summed E-state index contributed by atoms with van der Waals surface area (Å²) < 4.78 is 14.8. The fourth-order valence-corrected chi connectivity index (χ4v) is 3.55. The molecule has 0 radical (unpaired) electrons. The van der Waals surface area contributed by atoms with Crippen LogP contribution in [-0.4, -0.2) is 47.9 Å². The Balaban J connectivity index is 2.96. The highest BCUT2D eigenvalue weighted by Gasteiger charge is 2.37. The van der Waals surface area contributed by atoms with E-state index in [2.05, 4.69) is 16.9 Å². The SMILES string of the molecule is C=C/C(C)=C\C=C(/C)C(=O)NC(=NC)/C(F)=C\N(C=O)C1CCC(CO)C1CC. The summed E-state index contributed by atoms with van der Waals surface area (Å²) >= 11 is 0. The van der Waals surface area contributed by atoms with Gasteiger partial charge < -0.3 is 15.3 Å². The lowest BCUT2D eigenvalue weighted by molar-refractivity contribution is -0.118. The van der Waals surface area contributed by atoms with Crippen LogP contribution in [0.4, 0.5) is 4.39 Å². The molecule has 2 amide bonds. The molecule has 0 spiro atoms. The number of allylic oxidation sites excluding steroid dienone is 4. The highest BCUT2D eigenvalue weighted by atomic mass is 19.1. The summed E-state index contributed by atoms with van der Waals surface area (Å²) in [5, 5.41) is 12.0. The van der Waals surface area contributed by atoms with Gasteiger partial charge in [-0.3, -0.25) is 14.6 Å². The molecule has 1 fully saturated rings. The van der Waals surface area contributed by atoms with Crippen molar-refractivity contribution in [3.63, 3.8) is 0 Å². The van der Waals surface area contributed by atoms with Gasteiger partial charge in [0.2, 0.25) is 6.41 Å². The summed E-state index contributed by atoms with van der Waals surface area (Å²) in [6.45, 7) is 9.13. The molecular weight excluding hydrogens is 373 g/mol. The van der Waals surface area contributed by atoms with Crippen molar-refractivity contribution in [3.8, 4) is 0 Å². The van der Waals surface area contributed by atoms with Gasteiger partial charge in [-0.05, 0) is 38.5 Å².